The molecule has 0 aliphatic carbocycles. The second-order valence-corrected chi connectivity index (χ2v) is 4.03. The zero-order valence-electron chi connectivity index (χ0n) is 9.22. The van der Waals surface area contributed by atoms with Crippen molar-refractivity contribution < 1.29 is 0 Å². The van der Waals surface area contributed by atoms with Crippen LogP contribution in [0.15, 0.2) is 36.8 Å². The summed E-state index contributed by atoms with van der Waals surface area (Å²) < 4.78 is 0. The molecule has 3 aromatic rings. The average Bonchev–Trinajstić information content (AvgIpc) is 2.96. The molecule has 0 fully saturated rings. The van der Waals surface area contributed by atoms with Crippen LogP contribution in [0, 0.1) is 0 Å². The number of benzene rings is 1. The zero-order valence-corrected chi connectivity index (χ0v) is 9.22. The van der Waals surface area contributed by atoms with E-state index in [0.29, 0.717) is 6.42 Å². The third-order valence-corrected chi connectivity index (χ3v) is 2.75. The molecular weight excluding hydrogens is 214 g/mol. The molecule has 0 aliphatic rings. The number of rotatable bonds is 3. The second kappa shape index (κ2) is 4.03. The van der Waals surface area contributed by atoms with Crippen LogP contribution in [0.4, 0.5) is 0 Å². The number of aromatic nitrogens is 4. The van der Waals surface area contributed by atoms with Gasteiger partial charge in [0, 0.05) is 18.3 Å². The van der Waals surface area contributed by atoms with Crippen molar-refractivity contribution in [1.82, 2.24) is 19.9 Å². The third-order valence-electron chi connectivity index (χ3n) is 2.75. The first-order valence-electron chi connectivity index (χ1n) is 5.50. The molecular formula is C12H13N5. The standard InChI is InChI=1S/C12H13N5/c13-9(5-8-6-14-7-15-8)12-16-10-3-1-2-4-11(10)17-12/h1-4,6-7,9H,5,13H2,(H,14,15)(H,16,17)/t9-/m0/s1. The van der Waals surface area contributed by atoms with Gasteiger partial charge in [-0.05, 0) is 12.1 Å². The number of nitrogens with one attached hydrogen (secondary N) is 2. The number of H-pyrrole nitrogens is 2. The van der Waals surface area contributed by atoms with Crippen molar-refractivity contribution in [2.75, 3.05) is 0 Å². The van der Waals surface area contributed by atoms with Crippen LogP contribution in [0.3, 0.4) is 0 Å². The maximum Gasteiger partial charge on any atom is 0.124 e. The fraction of sp³-hybridized carbons (Fsp3) is 0.167. The number of para-hydroxylation sites is 2. The molecule has 4 N–H and O–H groups in total. The van der Waals surface area contributed by atoms with Crippen molar-refractivity contribution in [2.24, 2.45) is 5.73 Å². The van der Waals surface area contributed by atoms with E-state index in [9.17, 15) is 0 Å². The molecule has 3 rings (SSSR count). The molecule has 0 bridgehead atoms. The minimum absolute atomic E-state index is 0.150. The van der Waals surface area contributed by atoms with E-state index in [1.807, 2.05) is 24.3 Å². The molecule has 1 atom stereocenters. The van der Waals surface area contributed by atoms with E-state index >= 15 is 0 Å². The number of hydrogen-bond acceptors (Lipinski definition) is 3. The highest BCUT2D eigenvalue weighted by atomic mass is 15.0. The van der Waals surface area contributed by atoms with Crippen LogP contribution in [0.1, 0.15) is 17.6 Å². The lowest BCUT2D eigenvalue weighted by molar-refractivity contribution is 0.671. The van der Waals surface area contributed by atoms with Crippen molar-refractivity contribution >= 4 is 11.0 Å². The number of nitrogens with two attached hydrogens (primary N) is 1. The molecule has 0 amide bonds. The van der Waals surface area contributed by atoms with Crippen LogP contribution < -0.4 is 5.73 Å². The summed E-state index contributed by atoms with van der Waals surface area (Å²) in [6.07, 6.45) is 4.13. The molecule has 0 radical (unpaired) electrons. The lowest BCUT2D eigenvalue weighted by Crippen LogP contribution is -2.15. The first-order valence-corrected chi connectivity index (χ1v) is 5.50. The zero-order chi connectivity index (χ0) is 11.7. The first-order chi connectivity index (χ1) is 8.33. The van der Waals surface area contributed by atoms with Gasteiger partial charge in [0.15, 0.2) is 0 Å². The van der Waals surface area contributed by atoms with Gasteiger partial charge in [-0.2, -0.15) is 0 Å². The highest BCUT2D eigenvalue weighted by Gasteiger charge is 2.12. The van der Waals surface area contributed by atoms with E-state index in [0.717, 1.165) is 22.6 Å². The maximum absolute atomic E-state index is 6.11. The third kappa shape index (κ3) is 1.92. The van der Waals surface area contributed by atoms with Gasteiger partial charge in [0.25, 0.3) is 0 Å². The average molecular weight is 227 g/mol. The summed E-state index contributed by atoms with van der Waals surface area (Å²) in [5.41, 5.74) is 9.08. The molecule has 2 aromatic heterocycles. The Labute approximate surface area is 98.1 Å². The highest BCUT2D eigenvalue weighted by molar-refractivity contribution is 5.74. The Hall–Kier alpha value is -2.14. The van der Waals surface area contributed by atoms with Gasteiger partial charge < -0.3 is 15.7 Å². The van der Waals surface area contributed by atoms with Gasteiger partial charge in [0.2, 0.25) is 0 Å². The SMILES string of the molecule is N[C@@H](Cc1cnc[nH]1)c1nc2ccccc2[nH]1. The largest absolute Gasteiger partial charge is 0.348 e. The Morgan fingerprint density at radius 1 is 1.29 bits per heavy atom. The predicted molar refractivity (Wildman–Crippen MR) is 65.3 cm³/mol. The van der Waals surface area contributed by atoms with Gasteiger partial charge in [0.1, 0.15) is 5.82 Å². The molecule has 1 aromatic carbocycles. The topological polar surface area (TPSA) is 83.4 Å². The summed E-state index contributed by atoms with van der Waals surface area (Å²) in [7, 11) is 0. The summed E-state index contributed by atoms with van der Waals surface area (Å²) in [5.74, 6) is 0.806. The number of hydrogen-bond donors (Lipinski definition) is 3. The number of aromatic amines is 2. The lowest BCUT2D eigenvalue weighted by atomic mass is 10.2. The van der Waals surface area contributed by atoms with E-state index < -0.39 is 0 Å². The van der Waals surface area contributed by atoms with Crippen molar-refractivity contribution in [1.29, 1.82) is 0 Å². The second-order valence-electron chi connectivity index (χ2n) is 4.03. The summed E-state index contributed by atoms with van der Waals surface area (Å²) in [6, 6.07) is 7.76. The molecule has 17 heavy (non-hydrogen) atoms. The van der Waals surface area contributed by atoms with Crippen LogP contribution in [-0.4, -0.2) is 19.9 Å². The van der Waals surface area contributed by atoms with Gasteiger partial charge in [-0.25, -0.2) is 9.97 Å². The summed E-state index contributed by atoms with van der Waals surface area (Å²) >= 11 is 0. The van der Waals surface area contributed by atoms with Crippen molar-refractivity contribution in [2.45, 2.75) is 12.5 Å². The van der Waals surface area contributed by atoms with Gasteiger partial charge >= 0.3 is 0 Å². The highest BCUT2D eigenvalue weighted by Crippen LogP contribution is 2.16. The van der Waals surface area contributed by atoms with E-state index in [4.69, 9.17) is 5.73 Å². The molecule has 5 heteroatoms. The monoisotopic (exact) mass is 227 g/mol. The minimum Gasteiger partial charge on any atom is -0.348 e. The fourth-order valence-corrected chi connectivity index (χ4v) is 1.88. The minimum atomic E-state index is -0.150. The Balaban J connectivity index is 1.88. The van der Waals surface area contributed by atoms with Gasteiger partial charge in [0.05, 0.1) is 23.4 Å². The molecule has 0 aliphatic heterocycles. The van der Waals surface area contributed by atoms with Gasteiger partial charge in [-0.1, -0.05) is 12.1 Å². The van der Waals surface area contributed by atoms with Gasteiger partial charge in [-0.15, -0.1) is 0 Å². The Morgan fingerprint density at radius 2 is 2.18 bits per heavy atom. The smallest absolute Gasteiger partial charge is 0.124 e. The van der Waals surface area contributed by atoms with E-state index in [1.54, 1.807) is 12.5 Å². The van der Waals surface area contributed by atoms with Crippen LogP contribution in [0.2, 0.25) is 0 Å². The molecule has 0 saturated heterocycles. The summed E-state index contributed by atoms with van der Waals surface area (Å²) in [6.45, 7) is 0. The van der Waals surface area contributed by atoms with E-state index in [2.05, 4.69) is 19.9 Å². The first kappa shape index (κ1) is 10.0. The Bertz CT molecular complexity index is 578. The molecule has 2 heterocycles. The number of imidazole rings is 2. The number of fused-ring (bicyclic) bond motifs is 1. The van der Waals surface area contributed by atoms with Crippen LogP contribution in [0.25, 0.3) is 11.0 Å². The Morgan fingerprint density at radius 3 is 2.94 bits per heavy atom. The van der Waals surface area contributed by atoms with E-state index in [1.165, 1.54) is 0 Å². The van der Waals surface area contributed by atoms with Crippen LogP contribution >= 0.6 is 0 Å². The van der Waals surface area contributed by atoms with Crippen LogP contribution in [0.5, 0.6) is 0 Å². The summed E-state index contributed by atoms with van der Waals surface area (Å²) in [5, 5.41) is 0. The quantitative estimate of drug-likeness (QED) is 0.634. The molecule has 5 nitrogen and oxygen atoms in total. The molecule has 0 spiro atoms. The maximum atomic E-state index is 6.11. The lowest BCUT2D eigenvalue weighted by Gasteiger charge is -2.05. The van der Waals surface area contributed by atoms with Crippen molar-refractivity contribution in [3.8, 4) is 0 Å². The normalized spacial score (nSPS) is 13.0. The molecule has 0 unspecified atom stereocenters. The fourth-order valence-electron chi connectivity index (χ4n) is 1.88. The Kier molecular flexibility index (Phi) is 2.38. The van der Waals surface area contributed by atoms with E-state index in [-0.39, 0.29) is 6.04 Å². The van der Waals surface area contributed by atoms with Crippen molar-refractivity contribution in [3.63, 3.8) is 0 Å². The van der Waals surface area contributed by atoms with Crippen molar-refractivity contribution in [3.05, 3.63) is 48.3 Å². The summed E-state index contributed by atoms with van der Waals surface area (Å²) in [4.78, 5) is 14.7. The van der Waals surface area contributed by atoms with Crippen LogP contribution in [-0.2, 0) is 6.42 Å². The molecule has 86 valence electrons. The molecule has 0 saturated carbocycles. The van der Waals surface area contributed by atoms with Gasteiger partial charge in [-0.3, -0.25) is 0 Å². The number of nitrogens with zero attached hydrogens (tertiary/aromatic N) is 2. The predicted octanol–water partition coefficient (Wildman–Crippen LogP) is 1.53.